The van der Waals surface area contributed by atoms with Crippen LogP contribution in [0, 0.1) is 5.82 Å². The zero-order valence-electron chi connectivity index (χ0n) is 11.8. The second kappa shape index (κ2) is 6.88. The number of hydrogen-bond donors (Lipinski definition) is 2. The highest BCUT2D eigenvalue weighted by Gasteiger charge is 2.19. The van der Waals surface area contributed by atoms with Gasteiger partial charge in [0, 0.05) is 12.6 Å². The molecule has 20 heavy (non-hydrogen) atoms. The molecular weight excluding hydrogens is 263 g/mol. The molecule has 0 fully saturated rings. The number of benzene rings is 1. The number of carbonyl (C=O) groups is 2. The largest absolute Gasteiger partial charge is 0.478 e. The molecule has 0 aromatic heterocycles. The molecule has 2 N–H and O–H groups in total. The third kappa shape index (κ3) is 3.69. The molecule has 0 saturated carbocycles. The number of carboxylic acid groups (broad SMARTS) is 1. The summed E-state index contributed by atoms with van der Waals surface area (Å²) in [5.74, 6) is -1.83. The number of halogens is 1. The second-order valence-corrected chi connectivity index (χ2v) is 4.47. The molecule has 0 saturated heterocycles. The van der Waals surface area contributed by atoms with Crippen molar-refractivity contribution in [2.75, 3.05) is 11.9 Å². The number of nitrogens with zero attached hydrogens (tertiary/aromatic N) is 1. The van der Waals surface area contributed by atoms with E-state index in [1.165, 1.54) is 0 Å². The number of carbonyl (C=O) groups excluding carboxylic acids is 1. The highest BCUT2D eigenvalue weighted by Crippen LogP contribution is 2.17. The molecule has 1 aromatic rings. The smallest absolute Gasteiger partial charge is 0.335 e. The Labute approximate surface area is 117 Å². The maximum absolute atomic E-state index is 13.6. The van der Waals surface area contributed by atoms with Crippen LogP contribution in [0.2, 0.25) is 0 Å². The van der Waals surface area contributed by atoms with Crippen LogP contribution >= 0.6 is 0 Å². The van der Waals surface area contributed by atoms with Crippen molar-refractivity contribution >= 4 is 17.7 Å². The summed E-state index contributed by atoms with van der Waals surface area (Å²) in [6, 6.07) is 2.87. The molecule has 0 bridgehead atoms. The van der Waals surface area contributed by atoms with Crippen LogP contribution in [0.15, 0.2) is 18.2 Å². The first-order chi connectivity index (χ1) is 9.40. The Kier molecular flexibility index (Phi) is 5.49. The van der Waals surface area contributed by atoms with E-state index in [9.17, 15) is 14.0 Å². The third-order valence-electron chi connectivity index (χ3n) is 3.18. The average Bonchev–Trinajstić information content (AvgIpc) is 2.41. The molecule has 0 heterocycles. The molecule has 2 amide bonds. The highest BCUT2D eigenvalue weighted by molar-refractivity contribution is 5.93. The molecule has 110 valence electrons. The maximum Gasteiger partial charge on any atom is 0.335 e. The number of hydrogen-bond acceptors (Lipinski definition) is 2. The fourth-order valence-electron chi connectivity index (χ4n) is 1.82. The van der Waals surface area contributed by atoms with Crippen LogP contribution in [0.25, 0.3) is 0 Å². The Balaban J connectivity index is 2.94. The molecule has 1 unspecified atom stereocenters. The zero-order chi connectivity index (χ0) is 15.3. The van der Waals surface area contributed by atoms with Crippen molar-refractivity contribution in [1.82, 2.24) is 4.90 Å². The van der Waals surface area contributed by atoms with Crippen molar-refractivity contribution < 1.29 is 19.1 Å². The van der Waals surface area contributed by atoms with E-state index < -0.39 is 17.8 Å². The molecule has 0 spiro atoms. The van der Waals surface area contributed by atoms with E-state index >= 15 is 0 Å². The summed E-state index contributed by atoms with van der Waals surface area (Å²) in [5.41, 5.74) is -0.204. The summed E-state index contributed by atoms with van der Waals surface area (Å²) in [6.07, 6.45) is 0.777. The summed E-state index contributed by atoms with van der Waals surface area (Å²) < 4.78 is 13.6. The molecule has 0 aliphatic rings. The first-order valence-electron chi connectivity index (χ1n) is 6.51. The fraction of sp³-hybridized carbons (Fsp3) is 0.429. The number of nitrogens with one attached hydrogen (secondary N) is 1. The number of amides is 2. The molecular formula is C14H19FN2O3. The Morgan fingerprint density at radius 3 is 2.55 bits per heavy atom. The quantitative estimate of drug-likeness (QED) is 0.871. The zero-order valence-corrected chi connectivity index (χ0v) is 11.8. The van der Waals surface area contributed by atoms with Crippen molar-refractivity contribution in [2.24, 2.45) is 0 Å². The Morgan fingerprint density at radius 2 is 2.05 bits per heavy atom. The fourth-order valence-corrected chi connectivity index (χ4v) is 1.82. The van der Waals surface area contributed by atoms with Crippen LogP contribution in [0.4, 0.5) is 14.9 Å². The number of aromatic carboxylic acids is 1. The minimum atomic E-state index is -1.17. The van der Waals surface area contributed by atoms with Crippen LogP contribution in [0.1, 0.15) is 37.6 Å². The summed E-state index contributed by atoms with van der Waals surface area (Å²) in [5, 5.41) is 11.3. The minimum absolute atomic E-state index is 0.0192. The van der Waals surface area contributed by atoms with Gasteiger partial charge in [-0.25, -0.2) is 14.0 Å². The van der Waals surface area contributed by atoms with Gasteiger partial charge >= 0.3 is 12.0 Å². The van der Waals surface area contributed by atoms with Crippen molar-refractivity contribution in [3.05, 3.63) is 29.6 Å². The van der Waals surface area contributed by atoms with Crippen LogP contribution in [-0.4, -0.2) is 34.6 Å². The lowest BCUT2D eigenvalue weighted by molar-refractivity contribution is 0.0697. The number of urea groups is 1. The molecule has 6 heteroatoms. The SMILES string of the molecule is CCC(C)N(CC)C(=O)Nc1cc(C(=O)O)ccc1F. The van der Waals surface area contributed by atoms with Gasteiger partial charge in [-0.15, -0.1) is 0 Å². The summed E-state index contributed by atoms with van der Waals surface area (Å²) >= 11 is 0. The molecule has 1 atom stereocenters. The van der Waals surface area contributed by atoms with E-state index in [2.05, 4.69) is 5.32 Å². The lowest BCUT2D eigenvalue weighted by Gasteiger charge is -2.27. The standard InChI is InChI=1S/C14H19FN2O3/c1-4-9(3)17(5-2)14(20)16-12-8-10(13(18)19)6-7-11(12)15/h6-9H,4-5H2,1-3H3,(H,16,20)(H,18,19). The molecule has 1 rings (SSSR count). The molecule has 0 radical (unpaired) electrons. The van der Waals surface area contributed by atoms with Gasteiger partial charge in [-0.05, 0) is 38.5 Å². The summed E-state index contributed by atoms with van der Waals surface area (Å²) in [4.78, 5) is 24.5. The predicted molar refractivity (Wildman–Crippen MR) is 74.5 cm³/mol. The van der Waals surface area contributed by atoms with Crippen LogP contribution in [0.5, 0.6) is 0 Å². The second-order valence-electron chi connectivity index (χ2n) is 4.47. The number of rotatable bonds is 5. The molecule has 0 aliphatic heterocycles. The van der Waals surface area contributed by atoms with Crippen LogP contribution in [-0.2, 0) is 0 Å². The first kappa shape index (κ1) is 15.9. The average molecular weight is 282 g/mol. The van der Waals surface area contributed by atoms with E-state index in [4.69, 9.17) is 5.11 Å². The maximum atomic E-state index is 13.6. The number of anilines is 1. The van der Waals surface area contributed by atoms with E-state index in [0.29, 0.717) is 6.54 Å². The number of carboxylic acids is 1. The summed E-state index contributed by atoms with van der Waals surface area (Å²) in [6.45, 7) is 6.16. The van der Waals surface area contributed by atoms with Crippen molar-refractivity contribution in [3.8, 4) is 0 Å². The monoisotopic (exact) mass is 282 g/mol. The molecule has 5 nitrogen and oxygen atoms in total. The van der Waals surface area contributed by atoms with Crippen molar-refractivity contribution in [3.63, 3.8) is 0 Å². The lowest BCUT2D eigenvalue weighted by atomic mass is 10.2. The Bertz CT molecular complexity index is 505. The van der Waals surface area contributed by atoms with Gasteiger partial charge in [0.05, 0.1) is 11.3 Å². The van der Waals surface area contributed by atoms with Gasteiger partial charge in [0.15, 0.2) is 0 Å². The summed E-state index contributed by atoms with van der Waals surface area (Å²) in [7, 11) is 0. The normalized spacial score (nSPS) is 11.8. The van der Waals surface area contributed by atoms with Gasteiger partial charge in [-0.2, -0.15) is 0 Å². The Morgan fingerprint density at radius 1 is 1.40 bits per heavy atom. The van der Waals surface area contributed by atoms with Gasteiger partial charge in [0.1, 0.15) is 5.82 Å². The van der Waals surface area contributed by atoms with Crippen LogP contribution in [0.3, 0.4) is 0 Å². The van der Waals surface area contributed by atoms with Gasteiger partial charge in [0.2, 0.25) is 0 Å². The minimum Gasteiger partial charge on any atom is -0.478 e. The van der Waals surface area contributed by atoms with Gasteiger partial charge in [-0.3, -0.25) is 0 Å². The van der Waals surface area contributed by atoms with Crippen LogP contribution < -0.4 is 5.32 Å². The van der Waals surface area contributed by atoms with E-state index in [0.717, 1.165) is 24.6 Å². The predicted octanol–water partition coefficient (Wildman–Crippen LogP) is 3.18. The molecule has 1 aromatic carbocycles. The van der Waals surface area contributed by atoms with Crippen molar-refractivity contribution in [1.29, 1.82) is 0 Å². The Hall–Kier alpha value is -2.11. The van der Waals surface area contributed by atoms with E-state index in [1.54, 1.807) is 4.90 Å². The molecule has 0 aliphatic carbocycles. The van der Waals surface area contributed by atoms with E-state index in [1.807, 2.05) is 20.8 Å². The highest BCUT2D eigenvalue weighted by atomic mass is 19.1. The third-order valence-corrected chi connectivity index (χ3v) is 3.18. The van der Waals surface area contributed by atoms with E-state index in [-0.39, 0.29) is 17.3 Å². The lowest BCUT2D eigenvalue weighted by Crippen LogP contribution is -2.41. The first-order valence-corrected chi connectivity index (χ1v) is 6.51. The van der Waals surface area contributed by atoms with Crippen molar-refractivity contribution in [2.45, 2.75) is 33.2 Å². The van der Waals surface area contributed by atoms with Gasteiger partial charge in [0.25, 0.3) is 0 Å². The van der Waals surface area contributed by atoms with Gasteiger partial charge < -0.3 is 15.3 Å². The van der Waals surface area contributed by atoms with Gasteiger partial charge in [-0.1, -0.05) is 6.92 Å². The topological polar surface area (TPSA) is 69.6 Å².